The number of hydrogen-bond donors (Lipinski definition) is 4. The molecular weight excluding hydrogens is 248 g/mol. The summed E-state index contributed by atoms with van der Waals surface area (Å²) in [5.41, 5.74) is 22.3. The Morgan fingerprint density at radius 2 is 1.21 bits per heavy atom. The molecule has 0 aromatic heterocycles. The minimum Gasteiger partial charge on any atom is -0.379 e. The van der Waals surface area contributed by atoms with Crippen molar-refractivity contribution in [3.05, 3.63) is 0 Å². The van der Waals surface area contributed by atoms with Crippen molar-refractivity contribution in [3.8, 4) is 0 Å². The third kappa shape index (κ3) is 12.5. The Labute approximate surface area is 115 Å². The van der Waals surface area contributed by atoms with E-state index in [4.69, 9.17) is 37.1 Å². The average molecular weight is 278 g/mol. The van der Waals surface area contributed by atoms with Gasteiger partial charge in [0.1, 0.15) is 0 Å². The molecule has 19 heavy (non-hydrogen) atoms. The summed E-state index contributed by atoms with van der Waals surface area (Å²) in [5.74, 6) is 0. The zero-order valence-electron chi connectivity index (χ0n) is 11.8. The highest BCUT2D eigenvalue weighted by Crippen LogP contribution is 1.93. The lowest BCUT2D eigenvalue weighted by Crippen LogP contribution is -2.46. The fourth-order valence-electron chi connectivity index (χ4n) is 1.34. The first-order valence-corrected chi connectivity index (χ1v) is 6.87. The molecular formula is C12H30N4O3. The molecule has 0 heterocycles. The third-order valence-corrected chi connectivity index (χ3v) is 2.65. The first-order chi connectivity index (χ1) is 9.22. The molecule has 0 amide bonds. The van der Waals surface area contributed by atoms with Gasteiger partial charge in [0.15, 0.2) is 0 Å². The highest BCUT2D eigenvalue weighted by atomic mass is 16.5. The Balaban J connectivity index is 3.10. The van der Waals surface area contributed by atoms with Gasteiger partial charge in [0.2, 0.25) is 0 Å². The zero-order valence-corrected chi connectivity index (χ0v) is 11.8. The van der Waals surface area contributed by atoms with E-state index in [0.29, 0.717) is 59.2 Å². The van der Waals surface area contributed by atoms with E-state index in [1.54, 1.807) is 0 Å². The van der Waals surface area contributed by atoms with E-state index in [0.717, 1.165) is 6.42 Å². The van der Waals surface area contributed by atoms with E-state index in [2.05, 4.69) is 0 Å². The summed E-state index contributed by atoms with van der Waals surface area (Å²) < 4.78 is 16.0. The largest absolute Gasteiger partial charge is 0.379 e. The van der Waals surface area contributed by atoms with Crippen molar-refractivity contribution in [1.82, 2.24) is 0 Å². The monoisotopic (exact) mass is 278 g/mol. The second-order valence-electron chi connectivity index (χ2n) is 4.33. The van der Waals surface area contributed by atoms with Crippen molar-refractivity contribution in [2.45, 2.75) is 24.9 Å². The molecule has 0 aromatic carbocycles. The lowest BCUT2D eigenvalue weighted by atomic mass is 10.1. The SMILES string of the molecule is NCCCOCCOCCOCCC(N)C(N)CN. The second kappa shape index (κ2) is 14.1. The lowest BCUT2D eigenvalue weighted by molar-refractivity contribution is 0.0131. The summed E-state index contributed by atoms with van der Waals surface area (Å²) in [6, 6.07) is -0.271. The number of rotatable bonds is 14. The van der Waals surface area contributed by atoms with Crippen LogP contribution in [0, 0.1) is 0 Å². The standard InChI is InChI=1S/C12H30N4O3/c13-3-1-4-17-6-8-19-9-7-18-5-2-11(15)12(16)10-14/h11-12H,1-10,13-16H2. The smallest absolute Gasteiger partial charge is 0.0701 e. The molecule has 0 saturated carbocycles. The van der Waals surface area contributed by atoms with Gasteiger partial charge in [-0.2, -0.15) is 0 Å². The number of hydrogen-bond acceptors (Lipinski definition) is 7. The summed E-state index contributed by atoms with van der Waals surface area (Å²) in [6.45, 7) is 4.59. The van der Waals surface area contributed by atoms with Gasteiger partial charge in [0, 0.05) is 31.8 Å². The van der Waals surface area contributed by atoms with Gasteiger partial charge in [-0.3, -0.25) is 0 Å². The van der Waals surface area contributed by atoms with Crippen LogP contribution in [0.25, 0.3) is 0 Å². The van der Waals surface area contributed by atoms with Crippen LogP contribution in [-0.4, -0.2) is 64.8 Å². The van der Waals surface area contributed by atoms with Gasteiger partial charge in [-0.25, -0.2) is 0 Å². The fraction of sp³-hybridized carbons (Fsp3) is 1.00. The van der Waals surface area contributed by atoms with Crippen LogP contribution >= 0.6 is 0 Å². The van der Waals surface area contributed by atoms with E-state index in [9.17, 15) is 0 Å². The van der Waals surface area contributed by atoms with E-state index in [-0.39, 0.29) is 12.1 Å². The van der Waals surface area contributed by atoms with Gasteiger partial charge in [0.05, 0.1) is 26.4 Å². The molecule has 0 fully saturated rings. The van der Waals surface area contributed by atoms with E-state index in [1.165, 1.54) is 0 Å². The van der Waals surface area contributed by atoms with Gasteiger partial charge in [-0.15, -0.1) is 0 Å². The molecule has 0 rings (SSSR count). The molecule has 0 radical (unpaired) electrons. The van der Waals surface area contributed by atoms with Crippen molar-refractivity contribution >= 4 is 0 Å². The summed E-state index contributed by atoms with van der Waals surface area (Å²) >= 11 is 0. The first-order valence-electron chi connectivity index (χ1n) is 6.87. The van der Waals surface area contributed by atoms with Crippen molar-refractivity contribution in [2.24, 2.45) is 22.9 Å². The molecule has 8 N–H and O–H groups in total. The molecule has 0 saturated heterocycles. The molecule has 0 bridgehead atoms. The van der Waals surface area contributed by atoms with Crippen LogP contribution in [-0.2, 0) is 14.2 Å². The second-order valence-corrected chi connectivity index (χ2v) is 4.33. The van der Waals surface area contributed by atoms with Crippen molar-refractivity contribution < 1.29 is 14.2 Å². The maximum Gasteiger partial charge on any atom is 0.0701 e. The highest BCUT2D eigenvalue weighted by Gasteiger charge is 2.10. The lowest BCUT2D eigenvalue weighted by Gasteiger charge is -2.17. The van der Waals surface area contributed by atoms with Crippen LogP contribution in [0.1, 0.15) is 12.8 Å². The summed E-state index contributed by atoms with van der Waals surface area (Å²) in [4.78, 5) is 0. The van der Waals surface area contributed by atoms with Gasteiger partial charge in [-0.05, 0) is 19.4 Å². The molecule has 0 aliphatic rings. The molecule has 0 aliphatic carbocycles. The predicted octanol–water partition coefficient (Wildman–Crippen LogP) is -1.61. The molecule has 0 aliphatic heterocycles. The van der Waals surface area contributed by atoms with Gasteiger partial charge < -0.3 is 37.1 Å². The third-order valence-electron chi connectivity index (χ3n) is 2.65. The van der Waals surface area contributed by atoms with Crippen molar-refractivity contribution in [3.63, 3.8) is 0 Å². The maximum atomic E-state index is 5.81. The van der Waals surface area contributed by atoms with Gasteiger partial charge >= 0.3 is 0 Å². The normalized spacial score (nSPS) is 14.5. The van der Waals surface area contributed by atoms with Crippen LogP contribution in [0.3, 0.4) is 0 Å². The van der Waals surface area contributed by atoms with Gasteiger partial charge in [0.25, 0.3) is 0 Å². The summed E-state index contributed by atoms with van der Waals surface area (Å²) in [5, 5.41) is 0. The first kappa shape index (κ1) is 18.7. The Hall–Kier alpha value is -0.280. The Kier molecular flexibility index (Phi) is 13.9. The Morgan fingerprint density at radius 1 is 0.684 bits per heavy atom. The fourth-order valence-corrected chi connectivity index (χ4v) is 1.34. The minimum absolute atomic E-state index is 0.109. The highest BCUT2D eigenvalue weighted by molar-refractivity contribution is 4.75. The predicted molar refractivity (Wildman–Crippen MR) is 75.8 cm³/mol. The molecule has 0 spiro atoms. The summed E-state index contributed by atoms with van der Waals surface area (Å²) in [7, 11) is 0. The average Bonchev–Trinajstić information content (AvgIpc) is 2.43. The van der Waals surface area contributed by atoms with Crippen LogP contribution < -0.4 is 22.9 Å². The Morgan fingerprint density at radius 3 is 1.74 bits per heavy atom. The van der Waals surface area contributed by atoms with E-state index >= 15 is 0 Å². The topological polar surface area (TPSA) is 132 Å². The molecule has 7 heteroatoms. The van der Waals surface area contributed by atoms with Crippen molar-refractivity contribution in [1.29, 1.82) is 0 Å². The van der Waals surface area contributed by atoms with E-state index < -0.39 is 0 Å². The number of nitrogens with two attached hydrogens (primary N) is 4. The minimum atomic E-state index is -0.162. The molecule has 2 unspecified atom stereocenters. The molecule has 7 nitrogen and oxygen atoms in total. The Bertz CT molecular complexity index is 186. The van der Waals surface area contributed by atoms with Crippen LogP contribution in [0.5, 0.6) is 0 Å². The molecule has 2 atom stereocenters. The van der Waals surface area contributed by atoms with Crippen LogP contribution in [0.15, 0.2) is 0 Å². The maximum absolute atomic E-state index is 5.81. The molecule has 116 valence electrons. The zero-order chi connectivity index (χ0) is 14.3. The quantitative estimate of drug-likeness (QED) is 0.281. The van der Waals surface area contributed by atoms with Crippen molar-refractivity contribution in [2.75, 3.05) is 52.7 Å². The van der Waals surface area contributed by atoms with Gasteiger partial charge in [-0.1, -0.05) is 0 Å². The number of ether oxygens (including phenoxy) is 3. The van der Waals surface area contributed by atoms with Crippen LogP contribution in [0.2, 0.25) is 0 Å². The summed E-state index contributed by atoms with van der Waals surface area (Å²) in [6.07, 6.45) is 1.59. The van der Waals surface area contributed by atoms with E-state index in [1.807, 2.05) is 0 Å². The van der Waals surface area contributed by atoms with Crippen LogP contribution in [0.4, 0.5) is 0 Å². The molecule has 0 aromatic rings.